The highest BCUT2D eigenvalue weighted by molar-refractivity contribution is 7.07. The SMILES string of the molecule is CC(C)COC(=O)N1CCCN(C(=O)c2cscn2)CC1. The third-order valence-corrected chi connectivity index (χ3v) is 3.82. The van der Waals surface area contributed by atoms with Gasteiger partial charge in [0, 0.05) is 31.6 Å². The number of hydrogen-bond donors (Lipinski definition) is 0. The molecule has 0 radical (unpaired) electrons. The van der Waals surface area contributed by atoms with Crippen LogP contribution in [0.1, 0.15) is 30.8 Å². The van der Waals surface area contributed by atoms with Crippen LogP contribution in [0.25, 0.3) is 0 Å². The summed E-state index contributed by atoms with van der Waals surface area (Å²) in [6, 6.07) is 0. The standard InChI is InChI=1S/C14H21N3O3S/c1-11(2)8-20-14(19)17-5-3-4-16(6-7-17)13(18)12-9-21-10-15-12/h9-11H,3-8H2,1-2H3. The lowest BCUT2D eigenvalue weighted by Gasteiger charge is -2.21. The van der Waals surface area contributed by atoms with E-state index in [2.05, 4.69) is 4.98 Å². The van der Waals surface area contributed by atoms with E-state index in [0.717, 1.165) is 6.42 Å². The number of carbonyl (C=O) groups is 2. The summed E-state index contributed by atoms with van der Waals surface area (Å²) in [6.45, 7) is 6.73. The minimum absolute atomic E-state index is 0.0614. The van der Waals surface area contributed by atoms with Crippen molar-refractivity contribution >= 4 is 23.3 Å². The second kappa shape index (κ2) is 7.40. The van der Waals surface area contributed by atoms with Crippen LogP contribution in [-0.4, -0.2) is 59.6 Å². The molecule has 1 aliphatic rings. The topological polar surface area (TPSA) is 62.7 Å². The van der Waals surface area contributed by atoms with Gasteiger partial charge in [0.25, 0.3) is 5.91 Å². The smallest absolute Gasteiger partial charge is 0.409 e. The number of ether oxygens (including phenoxy) is 1. The monoisotopic (exact) mass is 311 g/mol. The summed E-state index contributed by atoms with van der Waals surface area (Å²) in [4.78, 5) is 31.7. The van der Waals surface area contributed by atoms with Gasteiger partial charge in [0.1, 0.15) is 5.69 Å². The first-order chi connectivity index (χ1) is 10.1. The number of amides is 2. The molecular formula is C14H21N3O3S. The first-order valence-corrected chi connectivity index (χ1v) is 8.11. The third kappa shape index (κ3) is 4.42. The molecule has 0 atom stereocenters. The van der Waals surface area contributed by atoms with Gasteiger partial charge in [0.2, 0.25) is 0 Å². The Morgan fingerprint density at radius 1 is 1.29 bits per heavy atom. The van der Waals surface area contributed by atoms with Gasteiger partial charge < -0.3 is 14.5 Å². The number of hydrogen-bond acceptors (Lipinski definition) is 5. The van der Waals surface area contributed by atoms with E-state index >= 15 is 0 Å². The Bertz CT molecular complexity index is 476. The van der Waals surface area contributed by atoms with E-state index in [9.17, 15) is 9.59 Å². The summed E-state index contributed by atoms with van der Waals surface area (Å²) >= 11 is 1.41. The van der Waals surface area contributed by atoms with Gasteiger partial charge >= 0.3 is 6.09 Å². The number of thiazole rings is 1. The summed E-state index contributed by atoms with van der Waals surface area (Å²) in [7, 11) is 0. The third-order valence-electron chi connectivity index (χ3n) is 3.23. The maximum absolute atomic E-state index is 12.2. The van der Waals surface area contributed by atoms with Gasteiger partial charge in [-0.15, -0.1) is 11.3 Å². The van der Waals surface area contributed by atoms with Crippen LogP contribution in [0.3, 0.4) is 0 Å². The maximum atomic E-state index is 12.2. The molecule has 0 N–H and O–H groups in total. The van der Waals surface area contributed by atoms with Crippen LogP contribution in [0.5, 0.6) is 0 Å². The average molecular weight is 311 g/mol. The predicted molar refractivity (Wildman–Crippen MR) is 80.4 cm³/mol. The number of rotatable bonds is 3. The number of nitrogens with zero attached hydrogens (tertiary/aromatic N) is 3. The van der Waals surface area contributed by atoms with Gasteiger partial charge in [0.05, 0.1) is 12.1 Å². The van der Waals surface area contributed by atoms with Crippen molar-refractivity contribution in [2.24, 2.45) is 5.92 Å². The highest BCUT2D eigenvalue weighted by atomic mass is 32.1. The molecule has 21 heavy (non-hydrogen) atoms. The van der Waals surface area contributed by atoms with Crippen molar-refractivity contribution in [3.05, 3.63) is 16.6 Å². The molecule has 7 heteroatoms. The summed E-state index contributed by atoms with van der Waals surface area (Å²) in [5.41, 5.74) is 2.14. The average Bonchev–Trinajstić information content (AvgIpc) is 2.88. The van der Waals surface area contributed by atoms with Gasteiger partial charge in [0.15, 0.2) is 0 Å². The Labute approximate surface area is 128 Å². The highest BCUT2D eigenvalue weighted by Gasteiger charge is 2.24. The van der Waals surface area contributed by atoms with Gasteiger partial charge in [-0.3, -0.25) is 4.79 Å². The van der Waals surface area contributed by atoms with E-state index in [-0.39, 0.29) is 12.0 Å². The fraction of sp³-hybridized carbons (Fsp3) is 0.643. The maximum Gasteiger partial charge on any atom is 0.409 e. The van der Waals surface area contributed by atoms with Gasteiger partial charge in [-0.1, -0.05) is 13.8 Å². The minimum Gasteiger partial charge on any atom is -0.449 e. The van der Waals surface area contributed by atoms with Crippen molar-refractivity contribution in [2.75, 3.05) is 32.8 Å². The van der Waals surface area contributed by atoms with E-state index in [4.69, 9.17) is 4.74 Å². The summed E-state index contributed by atoms with van der Waals surface area (Å²) in [5, 5.41) is 1.75. The molecule has 2 amide bonds. The zero-order chi connectivity index (χ0) is 15.2. The Morgan fingerprint density at radius 3 is 2.67 bits per heavy atom. The summed E-state index contributed by atoms with van der Waals surface area (Å²) < 4.78 is 5.24. The van der Waals surface area contributed by atoms with Crippen LogP contribution < -0.4 is 0 Å². The molecule has 1 aromatic heterocycles. The summed E-state index contributed by atoms with van der Waals surface area (Å²) in [6.07, 6.45) is 0.471. The molecule has 0 bridgehead atoms. The molecular weight excluding hydrogens is 290 g/mol. The Hall–Kier alpha value is -1.63. The van der Waals surface area contributed by atoms with E-state index < -0.39 is 0 Å². The molecule has 1 saturated heterocycles. The fourth-order valence-corrected chi connectivity index (χ4v) is 2.64. The Balaban J connectivity index is 1.87. The molecule has 0 spiro atoms. The quantitative estimate of drug-likeness (QED) is 0.857. The molecule has 0 saturated carbocycles. The molecule has 116 valence electrons. The molecule has 1 aromatic rings. The van der Waals surface area contributed by atoms with Crippen LogP contribution in [0.4, 0.5) is 4.79 Å². The van der Waals surface area contributed by atoms with Gasteiger partial charge in [-0.05, 0) is 12.3 Å². The molecule has 2 rings (SSSR count). The lowest BCUT2D eigenvalue weighted by atomic mass is 10.2. The molecule has 0 unspecified atom stereocenters. The lowest BCUT2D eigenvalue weighted by Crippen LogP contribution is -2.38. The molecule has 1 aliphatic heterocycles. The second-order valence-corrected chi connectivity index (χ2v) is 6.20. The van der Waals surface area contributed by atoms with Crippen LogP contribution in [-0.2, 0) is 4.74 Å². The molecule has 6 nitrogen and oxygen atoms in total. The fourth-order valence-electron chi connectivity index (χ4n) is 2.11. The van der Waals surface area contributed by atoms with Crippen molar-refractivity contribution in [2.45, 2.75) is 20.3 Å². The lowest BCUT2D eigenvalue weighted by molar-refractivity contribution is 0.0742. The van der Waals surface area contributed by atoms with Crippen LogP contribution in [0.15, 0.2) is 10.9 Å². The van der Waals surface area contributed by atoms with E-state index in [1.165, 1.54) is 11.3 Å². The number of carbonyl (C=O) groups excluding carboxylic acids is 2. The van der Waals surface area contributed by atoms with Crippen LogP contribution >= 0.6 is 11.3 Å². The van der Waals surface area contributed by atoms with E-state index in [1.54, 1.807) is 20.7 Å². The first-order valence-electron chi connectivity index (χ1n) is 7.17. The highest BCUT2D eigenvalue weighted by Crippen LogP contribution is 2.10. The second-order valence-electron chi connectivity index (χ2n) is 5.48. The Morgan fingerprint density at radius 2 is 2.00 bits per heavy atom. The van der Waals surface area contributed by atoms with Crippen molar-refractivity contribution in [3.8, 4) is 0 Å². The van der Waals surface area contributed by atoms with E-state index in [0.29, 0.717) is 44.4 Å². The van der Waals surface area contributed by atoms with E-state index in [1.807, 2.05) is 13.8 Å². The minimum atomic E-state index is -0.286. The van der Waals surface area contributed by atoms with Crippen molar-refractivity contribution < 1.29 is 14.3 Å². The molecule has 0 aliphatic carbocycles. The van der Waals surface area contributed by atoms with Gasteiger partial charge in [-0.25, -0.2) is 9.78 Å². The van der Waals surface area contributed by atoms with Crippen molar-refractivity contribution in [3.63, 3.8) is 0 Å². The normalized spacial score (nSPS) is 16.0. The zero-order valence-corrected chi connectivity index (χ0v) is 13.3. The Kier molecular flexibility index (Phi) is 5.55. The van der Waals surface area contributed by atoms with Crippen LogP contribution in [0, 0.1) is 5.92 Å². The van der Waals surface area contributed by atoms with Crippen LogP contribution in [0.2, 0.25) is 0 Å². The summed E-state index contributed by atoms with van der Waals surface area (Å²) in [5.74, 6) is 0.261. The molecule has 0 aromatic carbocycles. The zero-order valence-electron chi connectivity index (χ0n) is 12.4. The van der Waals surface area contributed by atoms with Crippen molar-refractivity contribution in [1.29, 1.82) is 0 Å². The van der Waals surface area contributed by atoms with Gasteiger partial charge in [-0.2, -0.15) is 0 Å². The van der Waals surface area contributed by atoms with Crippen molar-refractivity contribution in [1.82, 2.24) is 14.8 Å². The molecule has 1 fully saturated rings. The number of aromatic nitrogens is 1. The molecule has 2 heterocycles. The largest absolute Gasteiger partial charge is 0.449 e. The predicted octanol–water partition coefficient (Wildman–Crippen LogP) is 2.08. The first kappa shape index (κ1) is 15.8.